The standard InChI is InChI=1S/C19H28O3/c1-18-7-5-12(20)9-11(18)10-15(21)17-13-3-4-16(22)19(13,2)8-6-14(17)18/h11-14,17,20H,3-10H2,1-2H3/t11?,12?,13-,14+,17-,18-,19-/m0/s1. The number of fused-ring (bicyclic) bond motifs is 5. The van der Waals surface area contributed by atoms with E-state index in [0.29, 0.717) is 36.2 Å². The van der Waals surface area contributed by atoms with E-state index in [1.165, 1.54) is 0 Å². The summed E-state index contributed by atoms with van der Waals surface area (Å²) in [5.41, 5.74) is -0.0288. The molecule has 0 radical (unpaired) electrons. The van der Waals surface area contributed by atoms with E-state index in [4.69, 9.17) is 0 Å². The van der Waals surface area contributed by atoms with E-state index in [1.54, 1.807) is 0 Å². The monoisotopic (exact) mass is 304 g/mol. The Morgan fingerprint density at radius 3 is 2.59 bits per heavy atom. The molecule has 3 heteroatoms. The van der Waals surface area contributed by atoms with Gasteiger partial charge < -0.3 is 5.11 Å². The average Bonchev–Trinajstić information content (AvgIpc) is 2.77. The zero-order valence-corrected chi connectivity index (χ0v) is 13.8. The van der Waals surface area contributed by atoms with Crippen molar-refractivity contribution < 1.29 is 14.7 Å². The summed E-state index contributed by atoms with van der Waals surface area (Å²) < 4.78 is 0. The van der Waals surface area contributed by atoms with E-state index in [-0.39, 0.29) is 28.8 Å². The van der Waals surface area contributed by atoms with Gasteiger partial charge >= 0.3 is 0 Å². The van der Waals surface area contributed by atoms with Crippen LogP contribution in [-0.2, 0) is 9.59 Å². The van der Waals surface area contributed by atoms with Gasteiger partial charge in [0.25, 0.3) is 0 Å². The zero-order valence-electron chi connectivity index (χ0n) is 13.8. The average molecular weight is 304 g/mol. The molecule has 0 aromatic rings. The number of Topliss-reactive ketones (excluding diaryl/α,β-unsaturated/α-hetero) is 2. The Labute approximate surface area is 132 Å². The van der Waals surface area contributed by atoms with Crippen LogP contribution in [0.3, 0.4) is 0 Å². The van der Waals surface area contributed by atoms with Crippen molar-refractivity contribution in [2.24, 2.45) is 34.5 Å². The topological polar surface area (TPSA) is 54.4 Å². The lowest BCUT2D eigenvalue weighted by molar-refractivity contribution is -0.160. The fourth-order valence-electron chi connectivity index (χ4n) is 6.68. The first kappa shape index (κ1) is 14.9. The van der Waals surface area contributed by atoms with E-state index in [2.05, 4.69) is 13.8 Å². The fraction of sp³-hybridized carbons (Fsp3) is 0.895. The molecule has 0 spiro atoms. The van der Waals surface area contributed by atoms with Crippen LogP contribution in [0.4, 0.5) is 0 Å². The zero-order chi connectivity index (χ0) is 15.7. The number of hydrogen-bond donors (Lipinski definition) is 1. The van der Waals surface area contributed by atoms with Gasteiger partial charge in [-0.15, -0.1) is 0 Å². The normalized spacial score (nSPS) is 54.6. The lowest BCUT2D eigenvalue weighted by atomic mass is 9.45. The highest BCUT2D eigenvalue weighted by atomic mass is 16.3. The Morgan fingerprint density at radius 2 is 1.82 bits per heavy atom. The van der Waals surface area contributed by atoms with Crippen LogP contribution in [0.25, 0.3) is 0 Å². The summed E-state index contributed by atoms with van der Waals surface area (Å²) >= 11 is 0. The van der Waals surface area contributed by atoms with Crippen molar-refractivity contribution in [1.82, 2.24) is 0 Å². The molecule has 2 unspecified atom stereocenters. The quantitative estimate of drug-likeness (QED) is 0.748. The van der Waals surface area contributed by atoms with Crippen LogP contribution < -0.4 is 0 Å². The summed E-state index contributed by atoms with van der Waals surface area (Å²) in [5.74, 6) is 1.99. The minimum absolute atomic E-state index is 0.113. The van der Waals surface area contributed by atoms with Gasteiger partial charge in [0.15, 0.2) is 0 Å². The maximum Gasteiger partial charge on any atom is 0.139 e. The molecule has 22 heavy (non-hydrogen) atoms. The van der Waals surface area contributed by atoms with Gasteiger partial charge in [-0.05, 0) is 61.7 Å². The molecule has 0 heterocycles. The maximum atomic E-state index is 12.9. The smallest absolute Gasteiger partial charge is 0.139 e. The van der Waals surface area contributed by atoms with Crippen molar-refractivity contribution >= 4 is 11.6 Å². The first-order chi connectivity index (χ1) is 10.4. The van der Waals surface area contributed by atoms with Crippen LogP contribution in [0.15, 0.2) is 0 Å². The highest BCUT2D eigenvalue weighted by molar-refractivity contribution is 5.90. The van der Waals surface area contributed by atoms with Crippen molar-refractivity contribution in [3.8, 4) is 0 Å². The molecular weight excluding hydrogens is 276 g/mol. The second-order valence-electron chi connectivity index (χ2n) is 8.96. The predicted molar refractivity (Wildman–Crippen MR) is 83.1 cm³/mol. The molecule has 3 nitrogen and oxygen atoms in total. The predicted octanol–water partition coefficient (Wildman–Crippen LogP) is 3.14. The molecule has 0 aliphatic heterocycles. The van der Waals surface area contributed by atoms with Gasteiger partial charge in [-0.2, -0.15) is 0 Å². The van der Waals surface area contributed by atoms with E-state index in [1.807, 2.05) is 0 Å². The Bertz CT molecular complexity index is 527. The highest BCUT2D eigenvalue weighted by Gasteiger charge is 2.62. The fourth-order valence-corrected chi connectivity index (χ4v) is 6.68. The van der Waals surface area contributed by atoms with E-state index >= 15 is 0 Å². The summed E-state index contributed by atoms with van der Waals surface area (Å²) in [7, 11) is 0. The number of aliphatic hydroxyl groups excluding tert-OH is 1. The van der Waals surface area contributed by atoms with Gasteiger partial charge in [-0.1, -0.05) is 13.8 Å². The van der Waals surface area contributed by atoms with Gasteiger partial charge in [0.2, 0.25) is 0 Å². The third-order valence-electron chi connectivity index (χ3n) is 8.15. The minimum Gasteiger partial charge on any atom is -0.393 e. The van der Waals surface area contributed by atoms with Gasteiger partial charge in [0.1, 0.15) is 11.6 Å². The number of carbonyl (C=O) groups is 2. The molecule has 4 aliphatic carbocycles. The third-order valence-corrected chi connectivity index (χ3v) is 8.15. The summed E-state index contributed by atoms with van der Waals surface area (Å²) in [6.07, 6.45) is 6.73. The van der Waals surface area contributed by atoms with E-state index < -0.39 is 0 Å². The first-order valence-electron chi connectivity index (χ1n) is 9.10. The van der Waals surface area contributed by atoms with Gasteiger partial charge in [0.05, 0.1) is 6.10 Å². The molecule has 4 aliphatic rings. The summed E-state index contributed by atoms with van der Waals surface area (Å²) in [6, 6.07) is 0. The molecule has 4 fully saturated rings. The van der Waals surface area contributed by atoms with Crippen LogP contribution in [-0.4, -0.2) is 22.8 Å². The van der Waals surface area contributed by atoms with Crippen LogP contribution in [0, 0.1) is 34.5 Å². The lowest BCUT2D eigenvalue weighted by Gasteiger charge is -2.59. The van der Waals surface area contributed by atoms with E-state index in [0.717, 1.165) is 38.5 Å². The second kappa shape index (κ2) is 4.66. The van der Waals surface area contributed by atoms with Gasteiger partial charge in [-0.3, -0.25) is 9.59 Å². The molecule has 0 aromatic carbocycles. The van der Waals surface area contributed by atoms with Crippen molar-refractivity contribution in [1.29, 1.82) is 0 Å². The molecule has 4 rings (SSSR count). The van der Waals surface area contributed by atoms with Crippen molar-refractivity contribution in [2.45, 2.75) is 71.3 Å². The second-order valence-corrected chi connectivity index (χ2v) is 8.96. The molecular formula is C19H28O3. The number of carbonyl (C=O) groups excluding carboxylic acids is 2. The maximum absolute atomic E-state index is 12.9. The van der Waals surface area contributed by atoms with Gasteiger partial charge in [0, 0.05) is 24.2 Å². The number of hydrogen-bond acceptors (Lipinski definition) is 3. The lowest BCUT2D eigenvalue weighted by Crippen LogP contribution is -2.57. The summed E-state index contributed by atoms with van der Waals surface area (Å²) in [6.45, 7) is 4.49. The van der Waals surface area contributed by atoms with Crippen molar-refractivity contribution in [3.63, 3.8) is 0 Å². The molecule has 0 bridgehead atoms. The third kappa shape index (κ3) is 1.78. The number of rotatable bonds is 0. The van der Waals surface area contributed by atoms with Crippen LogP contribution in [0.1, 0.15) is 65.2 Å². The van der Waals surface area contributed by atoms with Crippen molar-refractivity contribution in [2.75, 3.05) is 0 Å². The Kier molecular flexibility index (Phi) is 3.15. The Hall–Kier alpha value is -0.700. The van der Waals surface area contributed by atoms with Crippen LogP contribution in [0.5, 0.6) is 0 Å². The van der Waals surface area contributed by atoms with Crippen LogP contribution in [0.2, 0.25) is 0 Å². The molecule has 0 amide bonds. The Balaban J connectivity index is 1.70. The molecule has 7 atom stereocenters. The molecule has 122 valence electrons. The SMILES string of the molecule is C[C@]12CCC(O)CC1CC(=O)[C@@H]1[C@H]2CC[C@]2(C)C(=O)CC[C@@H]12. The molecule has 4 saturated carbocycles. The molecule has 0 saturated heterocycles. The number of ketones is 2. The van der Waals surface area contributed by atoms with Gasteiger partial charge in [-0.25, -0.2) is 0 Å². The highest BCUT2D eigenvalue weighted by Crippen LogP contribution is 2.64. The number of aliphatic hydroxyl groups is 1. The molecule has 1 N–H and O–H groups in total. The summed E-state index contributed by atoms with van der Waals surface area (Å²) in [4.78, 5) is 25.3. The largest absolute Gasteiger partial charge is 0.393 e. The van der Waals surface area contributed by atoms with Crippen LogP contribution >= 0.6 is 0 Å². The first-order valence-corrected chi connectivity index (χ1v) is 9.10. The molecule has 0 aromatic heterocycles. The Morgan fingerprint density at radius 1 is 1.05 bits per heavy atom. The summed E-state index contributed by atoms with van der Waals surface area (Å²) in [5, 5.41) is 10.0. The van der Waals surface area contributed by atoms with Crippen molar-refractivity contribution in [3.05, 3.63) is 0 Å². The minimum atomic E-state index is -0.228. The van der Waals surface area contributed by atoms with E-state index in [9.17, 15) is 14.7 Å².